The Morgan fingerprint density at radius 3 is 2.71 bits per heavy atom. The monoisotopic (exact) mass is 589 g/mol. The number of nitrogens with zero attached hydrogens (tertiary/aromatic N) is 7. The van der Waals surface area contributed by atoms with E-state index in [0.717, 1.165) is 37.8 Å². The first-order valence-corrected chi connectivity index (χ1v) is 15.4. The summed E-state index contributed by atoms with van der Waals surface area (Å²) in [5.74, 6) is 0.970. The fourth-order valence-electron chi connectivity index (χ4n) is 5.28. The van der Waals surface area contributed by atoms with Gasteiger partial charge in [0.1, 0.15) is 11.4 Å². The second-order valence-electron chi connectivity index (χ2n) is 10.6. The molecule has 14 heteroatoms. The summed E-state index contributed by atoms with van der Waals surface area (Å²) in [6.07, 6.45) is 10.3. The van der Waals surface area contributed by atoms with Gasteiger partial charge in [-0.25, -0.2) is 22.6 Å². The van der Waals surface area contributed by atoms with Crippen LogP contribution in [-0.2, 0) is 14.8 Å². The molecule has 1 aliphatic heterocycles. The van der Waals surface area contributed by atoms with Crippen LogP contribution in [0.5, 0.6) is 5.75 Å². The lowest BCUT2D eigenvalue weighted by molar-refractivity contribution is -0.117. The molecule has 42 heavy (non-hydrogen) atoms. The van der Waals surface area contributed by atoms with Gasteiger partial charge < -0.3 is 15.0 Å². The molecule has 0 saturated carbocycles. The molecule has 1 aromatic carbocycles. The van der Waals surface area contributed by atoms with Crippen molar-refractivity contribution in [1.29, 1.82) is 0 Å². The predicted octanol–water partition coefficient (Wildman–Crippen LogP) is 3.18. The van der Waals surface area contributed by atoms with E-state index < -0.39 is 10.0 Å². The number of likely N-dealkylation sites (tertiary alicyclic amines) is 1. The molecular formula is C28H31N9O4S. The minimum atomic E-state index is -3.49. The molecule has 0 unspecified atom stereocenters. The number of aromatic nitrogens is 6. The van der Waals surface area contributed by atoms with Crippen molar-refractivity contribution >= 4 is 44.0 Å². The first kappa shape index (κ1) is 27.6. The molecule has 2 N–H and O–H groups in total. The van der Waals surface area contributed by atoms with Crippen LogP contribution in [0, 0.1) is 5.92 Å². The van der Waals surface area contributed by atoms with Gasteiger partial charge in [-0.05, 0) is 63.2 Å². The molecule has 5 heterocycles. The average molecular weight is 590 g/mol. The van der Waals surface area contributed by atoms with E-state index in [0.29, 0.717) is 57.5 Å². The first-order chi connectivity index (χ1) is 20.2. The maximum absolute atomic E-state index is 13.1. The number of amides is 1. The summed E-state index contributed by atoms with van der Waals surface area (Å²) in [7, 11) is 0.103. The van der Waals surface area contributed by atoms with Gasteiger partial charge in [0.15, 0.2) is 11.5 Å². The SMILES string of the molecule is COc1cc(NS(C)(=O)=O)ccc1-n1nc(NC(=O)CC2CCN(C)CC2)c2cnc(-c3cnn4cccnc34)cc21. The number of fused-ring (bicyclic) bond motifs is 2. The van der Waals surface area contributed by atoms with Crippen molar-refractivity contribution in [1.82, 2.24) is 34.3 Å². The molecule has 0 spiro atoms. The van der Waals surface area contributed by atoms with E-state index >= 15 is 0 Å². The second-order valence-corrected chi connectivity index (χ2v) is 12.3. The smallest absolute Gasteiger partial charge is 0.229 e. The predicted molar refractivity (Wildman–Crippen MR) is 159 cm³/mol. The van der Waals surface area contributed by atoms with Gasteiger partial charge in [-0.1, -0.05) is 0 Å². The van der Waals surface area contributed by atoms with E-state index in [9.17, 15) is 13.2 Å². The number of rotatable bonds is 8. The Kier molecular flexibility index (Phi) is 7.24. The molecule has 6 rings (SSSR count). The second kappa shape index (κ2) is 11.0. The minimum Gasteiger partial charge on any atom is -0.494 e. The molecule has 13 nitrogen and oxygen atoms in total. The quantitative estimate of drug-likeness (QED) is 0.278. The van der Waals surface area contributed by atoms with Gasteiger partial charge in [-0.2, -0.15) is 5.10 Å². The minimum absolute atomic E-state index is 0.105. The van der Waals surface area contributed by atoms with Crippen molar-refractivity contribution in [2.75, 3.05) is 43.5 Å². The number of anilines is 2. The van der Waals surface area contributed by atoms with Crippen molar-refractivity contribution in [3.63, 3.8) is 0 Å². The summed E-state index contributed by atoms with van der Waals surface area (Å²) in [4.78, 5) is 24.6. The molecule has 1 amide bonds. The van der Waals surface area contributed by atoms with Crippen molar-refractivity contribution in [2.45, 2.75) is 19.3 Å². The zero-order valence-corrected chi connectivity index (χ0v) is 24.3. The molecule has 1 aliphatic rings. The number of pyridine rings is 1. The van der Waals surface area contributed by atoms with Gasteiger partial charge in [0.05, 0.1) is 47.4 Å². The summed E-state index contributed by atoms with van der Waals surface area (Å²) in [5.41, 5.74) is 3.56. The number of methoxy groups -OCH3 is 1. The van der Waals surface area contributed by atoms with Crippen LogP contribution in [0.3, 0.4) is 0 Å². The summed E-state index contributed by atoms with van der Waals surface area (Å²) in [6.45, 7) is 1.95. The zero-order chi connectivity index (χ0) is 29.4. The fraction of sp³-hybridized carbons (Fsp3) is 0.321. The average Bonchev–Trinajstić information content (AvgIpc) is 3.55. The molecule has 1 saturated heterocycles. The fourth-order valence-corrected chi connectivity index (χ4v) is 5.84. The topological polar surface area (TPSA) is 149 Å². The largest absolute Gasteiger partial charge is 0.494 e. The Hall–Kier alpha value is -4.56. The highest BCUT2D eigenvalue weighted by Gasteiger charge is 2.23. The van der Waals surface area contributed by atoms with E-state index in [1.807, 2.05) is 12.3 Å². The number of sulfonamides is 1. The Morgan fingerprint density at radius 1 is 1.14 bits per heavy atom. The third-order valence-corrected chi connectivity index (χ3v) is 8.01. The lowest BCUT2D eigenvalue weighted by Crippen LogP contribution is -2.32. The summed E-state index contributed by atoms with van der Waals surface area (Å²) < 4.78 is 35.0. The first-order valence-electron chi connectivity index (χ1n) is 13.5. The molecular weight excluding hydrogens is 558 g/mol. The molecule has 218 valence electrons. The van der Waals surface area contributed by atoms with Crippen molar-refractivity contribution in [2.24, 2.45) is 5.92 Å². The Balaban J connectivity index is 1.43. The lowest BCUT2D eigenvalue weighted by atomic mass is 9.93. The van der Waals surface area contributed by atoms with Gasteiger partial charge in [-0.15, -0.1) is 5.10 Å². The summed E-state index contributed by atoms with van der Waals surface area (Å²) >= 11 is 0. The Bertz CT molecular complexity index is 1890. The molecule has 0 bridgehead atoms. The number of carbonyl (C=O) groups is 1. The molecule has 5 aromatic rings. The van der Waals surface area contributed by atoms with Crippen molar-refractivity contribution in [3.8, 4) is 22.7 Å². The van der Waals surface area contributed by atoms with Gasteiger partial charge >= 0.3 is 0 Å². The van der Waals surface area contributed by atoms with Crippen LogP contribution in [-0.4, -0.2) is 82.1 Å². The van der Waals surface area contributed by atoms with Gasteiger partial charge in [0.2, 0.25) is 15.9 Å². The van der Waals surface area contributed by atoms with E-state index in [2.05, 4.69) is 37.1 Å². The maximum atomic E-state index is 13.1. The molecule has 1 fully saturated rings. The summed E-state index contributed by atoms with van der Waals surface area (Å²) in [6, 6.07) is 8.58. The van der Waals surface area contributed by atoms with Crippen LogP contribution in [0.2, 0.25) is 0 Å². The summed E-state index contributed by atoms with van der Waals surface area (Å²) in [5, 5.41) is 12.8. The highest BCUT2D eigenvalue weighted by molar-refractivity contribution is 7.92. The third kappa shape index (κ3) is 5.63. The normalized spacial score (nSPS) is 14.8. The Labute approximate surface area is 242 Å². The van der Waals surface area contributed by atoms with Crippen LogP contribution in [0.4, 0.5) is 11.5 Å². The highest BCUT2D eigenvalue weighted by atomic mass is 32.2. The number of ether oxygens (including phenoxy) is 1. The van der Waals surface area contributed by atoms with Crippen LogP contribution >= 0.6 is 0 Å². The van der Waals surface area contributed by atoms with Gasteiger partial charge in [0, 0.05) is 31.1 Å². The molecule has 0 aliphatic carbocycles. The number of carbonyl (C=O) groups excluding carboxylic acids is 1. The van der Waals surface area contributed by atoms with E-state index in [4.69, 9.17) is 9.84 Å². The van der Waals surface area contributed by atoms with Crippen LogP contribution in [0.25, 0.3) is 33.5 Å². The molecule has 0 atom stereocenters. The lowest BCUT2D eigenvalue weighted by Gasteiger charge is -2.28. The standard InChI is InChI=1S/C28H31N9O4S/c1-35-11-7-18(8-12-35)13-26(38)32-27-21-16-30-22(20-17-31-36-10-4-9-29-28(20)36)15-24(21)37(33-27)23-6-5-19(14-25(23)41-2)34-42(3,39)40/h4-6,9-10,14-18,34H,7-8,11-13H2,1-3H3,(H,32,33,38). The number of nitrogens with one attached hydrogen (secondary N) is 2. The number of piperidine rings is 1. The van der Waals surface area contributed by atoms with E-state index in [1.54, 1.807) is 52.1 Å². The number of hydrogen-bond acceptors (Lipinski definition) is 9. The van der Waals surface area contributed by atoms with E-state index in [1.165, 1.54) is 7.11 Å². The van der Waals surface area contributed by atoms with Gasteiger partial charge in [0.25, 0.3) is 0 Å². The Morgan fingerprint density at radius 2 is 1.95 bits per heavy atom. The van der Waals surface area contributed by atoms with Gasteiger partial charge in [-0.3, -0.25) is 14.5 Å². The highest BCUT2D eigenvalue weighted by Crippen LogP contribution is 2.34. The zero-order valence-electron chi connectivity index (χ0n) is 23.5. The van der Waals surface area contributed by atoms with Crippen molar-refractivity contribution in [3.05, 3.63) is 55.1 Å². The van der Waals surface area contributed by atoms with Crippen LogP contribution in [0.15, 0.2) is 55.1 Å². The van der Waals surface area contributed by atoms with Crippen molar-refractivity contribution < 1.29 is 17.9 Å². The number of hydrogen-bond donors (Lipinski definition) is 2. The maximum Gasteiger partial charge on any atom is 0.229 e. The third-order valence-electron chi connectivity index (χ3n) is 7.40. The van der Waals surface area contributed by atoms with E-state index in [-0.39, 0.29) is 5.91 Å². The van der Waals surface area contributed by atoms with Crippen LogP contribution in [0.1, 0.15) is 19.3 Å². The number of benzene rings is 1. The molecule has 0 radical (unpaired) electrons. The van der Waals surface area contributed by atoms with Crippen LogP contribution < -0.4 is 14.8 Å². The molecule has 4 aromatic heterocycles.